The molecule has 0 amide bonds. The summed E-state index contributed by atoms with van der Waals surface area (Å²) in [5, 5.41) is 1.77. The topological polar surface area (TPSA) is 121 Å². The lowest BCUT2D eigenvalue weighted by Gasteiger charge is -2.40. The van der Waals surface area contributed by atoms with Crippen LogP contribution in [0.15, 0.2) is 82.9 Å². The monoisotopic (exact) mass is 532 g/mol. The Morgan fingerprint density at radius 2 is 1.45 bits per heavy atom. The molecule has 0 spiro atoms. The van der Waals surface area contributed by atoms with Crippen LogP contribution < -0.4 is 21.8 Å². The summed E-state index contributed by atoms with van der Waals surface area (Å²) in [4.78, 5) is 38.3. The molecular formula is C28H26ClFN6O2. The van der Waals surface area contributed by atoms with E-state index in [0.717, 1.165) is 48.6 Å². The van der Waals surface area contributed by atoms with Gasteiger partial charge in [-0.2, -0.15) is 0 Å². The predicted octanol–water partition coefficient (Wildman–Crippen LogP) is 4.18. The molecule has 38 heavy (non-hydrogen) atoms. The molecule has 194 valence electrons. The maximum atomic E-state index is 12.6. The molecule has 4 N–H and O–H groups in total. The summed E-state index contributed by atoms with van der Waals surface area (Å²) in [7, 11) is 0. The first-order valence-corrected chi connectivity index (χ1v) is 12.6. The van der Waals surface area contributed by atoms with Gasteiger partial charge in [-0.05, 0) is 67.3 Å². The Hall–Kier alpha value is -4.08. The molecule has 1 aliphatic heterocycles. The van der Waals surface area contributed by atoms with E-state index in [4.69, 9.17) is 17.3 Å². The van der Waals surface area contributed by atoms with Crippen LogP contribution in [0.1, 0.15) is 18.4 Å². The van der Waals surface area contributed by atoms with Crippen molar-refractivity contribution in [1.82, 2.24) is 19.9 Å². The molecule has 0 aliphatic carbocycles. The van der Waals surface area contributed by atoms with Crippen molar-refractivity contribution in [2.75, 3.05) is 18.0 Å². The third kappa shape index (κ3) is 5.74. The van der Waals surface area contributed by atoms with E-state index >= 15 is 0 Å². The highest BCUT2D eigenvalue weighted by Gasteiger charge is 2.31. The van der Waals surface area contributed by atoms with Crippen molar-refractivity contribution in [2.24, 2.45) is 5.73 Å². The highest BCUT2D eigenvalue weighted by Crippen LogP contribution is 2.29. The summed E-state index contributed by atoms with van der Waals surface area (Å²) >= 11 is 5.96. The minimum atomic E-state index is -0.388. The number of rotatable bonds is 3. The van der Waals surface area contributed by atoms with Gasteiger partial charge in [-0.3, -0.25) is 9.59 Å². The van der Waals surface area contributed by atoms with E-state index in [-0.39, 0.29) is 22.5 Å². The number of anilines is 1. The van der Waals surface area contributed by atoms with Gasteiger partial charge in [-0.1, -0.05) is 23.7 Å². The number of nitrogens with two attached hydrogens (primary N) is 1. The van der Waals surface area contributed by atoms with Crippen molar-refractivity contribution in [2.45, 2.75) is 24.8 Å². The SMILES string of the molecule is NC1(Cc2ccc(Cl)cc2)CCN(c2ccc3c(=O)[nH]cnc3c2)CC1.O=c1[nH]cnc2cc(F)ccc12. The molecule has 0 radical (unpaired) electrons. The van der Waals surface area contributed by atoms with Gasteiger partial charge in [0, 0.05) is 35.4 Å². The molecule has 0 unspecified atom stereocenters. The van der Waals surface area contributed by atoms with Crippen LogP contribution >= 0.6 is 11.6 Å². The second-order valence-corrected chi connectivity index (χ2v) is 9.92. The fraction of sp³-hybridized carbons (Fsp3) is 0.214. The summed E-state index contributed by atoms with van der Waals surface area (Å²) in [6, 6.07) is 17.6. The molecule has 6 rings (SSSR count). The van der Waals surface area contributed by atoms with E-state index < -0.39 is 0 Å². The average Bonchev–Trinajstić information content (AvgIpc) is 2.91. The van der Waals surface area contributed by atoms with Crippen LogP contribution in [-0.4, -0.2) is 38.6 Å². The normalized spacial score (nSPS) is 14.8. The number of nitrogens with zero attached hydrogens (tertiary/aromatic N) is 3. The van der Waals surface area contributed by atoms with Gasteiger partial charge in [0.15, 0.2) is 0 Å². The first-order chi connectivity index (χ1) is 18.3. The minimum absolute atomic E-state index is 0.107. The van der Waals surface area contributed by atoms with Crippen molar-refractivity contribution >= 4 is 39.1 Å². The molecule has 1 saturated heterocycles. The first-order valence-electron chi connectivity index (χ1n) is 12.2. The molecule has 3 heterocycles. The molecule has 1 aliphatic rings. The zero-order valence-electron chi connectivity index (χ0n) is 20.5. The van der Waals surface area contributed by atoms with Gasteiger partial charge in [-0.15, -0.1) is 0 Å². The number of benzene rings is 3. The fourth-order valence-corrected chi connectivity index (χ4v) is 4.82. The van der Waals surface area contributed by atoms with E-state index in [0.29, 0.717) is 16.3 Å². The third-order valence-corrected chi connectivity index (χ3v) is 7.07. The Morgan fingerprint density at radius 3 is 2.08 bits per heavy atom. The van der Waals surface area contributed by atoms with Crippen molar-refractivity contribution in [3.8, 4) is 0 Å². The number of hydrogen-bond donors (Lipinski definition) is 3. The van der Waals surface area contributed by atoms with Crippen molar-refractivity contribution in [3.05, 3.63) is 110 Å². The van der Waals surface area contributed by atoms with E-state index in [9.17, 15) is 14.0 Å². The average molecular weight is 533 g/mol. The number of halogens is 2. The quantitative estimate of drug-likeness (QED) is 0.320. The van der Waals surface area contributed by atoms with Crippen molar-refractivity contribution < 1.29 is 4.39 Å². The van der Waals surface area contributed by atoms with E-state index in [1.54, 1.807) is 0 Å². The molecule has 2 aromatic heterocycles. The molecule has 0 atom stereocenters. The van der Waals surface area contributed by atoms with Gasteiger partial charge in [0.05, 0.1) is 34.5 Å². The lowest BCUT2D eigenvalue weighted by Crippen LogP contribution is -2.51. The summed E-state index contributed by atoms with van der Waals surface area (Å²) in [6.45, 7) is 1.78. The lowest BCUT2D eigenvalue weighted by atomic mass is 9.82. The number of fused-ring (bicyclic) bond motifs is 2. The first kappa shape index (κ1) is 25.6. The van der Waals surface area contributed by atoms with Crippen molar-refractivity contribution in [3.63, 3.8) is 0 Å². The van der Waals surface area contributed by atoms with Gasteiger partial charge >= 0.3 is 0 Å². The zero-order valence-corrected chi connectivity index (χ0v) is 21.2. The van der Waals surface area contributed by atoms with Crippen LogP contribution in [-0.2, 0) is 6.42 Å². The molecule has 0 saturated carbocycles. The Morgan fingerprint density at radius 1 is 0.868 bits per heavy atom. The van der Waals surface area contributed by atoms with Crippen LogP contribution in [0, 0.1) is 5.82 Å². The molecule has 5 aromatic rings. The standard InChI is InChI=1S/C20H21ClN4O.C8H5FN2O/c21-15-3-1-14(2-4-15)12-20(22)7-9-25(10-8-20)16-5-6-17-18(11-16)23-13-24-19(17)26;9-5-1-2-6-7(3-5)10-4-11-8(6)12/h1-6,11,13H,7-10,12,22H2,(H,23,24,26);1-4H,(H,10,11,12). The maximum Gasteiger partial charge on any atom is 0.258 e. The van der Waals surface area contributed by atoms with Gasteiger partial charge < -0.3 is 20.6 Å². The minimum Gasteiger partial charge on any atom is -0.371 e. The molecule has 8 nitrogen and oxygen atoms in total. The van der Waals surface area contributed by atoms with E-state index in [1.807, 2.05) is 30.3 Å². The van der Waals surface area contributed by atoms with Crippen LogP contribution in [0.3, 0.4) is 0 Å². The molecule has 3 aromatic carbocycles. The highest BCUT2D eigenvalue weighted by molar-refractivity contribution is 6.30. The number of H-pyrrole nitrogens is 2. The van der Waals surface area contributed by atoms with Crippen LogP contribution in [0.2, 0.25) is 5.02 Å². The largest absolute Gasteiger partial charge is 0.371 e. The number of aromatic nitrogens is 4. The number of aromatic amines is 2. The summed E-state index contributed by atoms with van der Waals surface area (Å²) in [5.74, 6) is -0.388. The number of piperidine rings is 1. The third-order valence-electron chi connectivity index (χ3n) is 6.82. The summed E-state index contributed by atoms with van der Waals surface area (Å²) < 4.78 is 12.6. The van der Waals surface area contributed by atoms with Crippen LogP contribution in [0.4, 0.5) is 10.1 Å². The smallest absolute Gasteiger partial charge is 0.258 e. The Kier molecular flexibility index (Phi) is 7.22. The molecule has 0 bridgehead atoms. The van der Waals surface area contributed by atoms with E-state index in [2.05, 4.69) is 37.0 Å². The molecule has 10 heteroatoms. The predicted molar refractivity (Wildman–Crippen MR) is 148 cm³/mol. The zero-order chi connectivity index (χ0) is 26.7. The van der Waals surface area contributed by atoms with Gasteiger partial charge in [-0.25, -0.2) is 14.4 Å². The Labute approximate surface area is 222 Å². The van der Waals surface area contributed by atoms with E-state index in [1.165, 1.54) is 36.4 Å². The van der Waals surface area contributed by atoms with Gasteiger partial charge in [0.2, 0.25) is 0 Å². The van der Waals surface area contributed by atoms with Crippen LogP contribution in [0.5, 0.6) is 0 Å². The molecule has 1 fully saturated rings. The van der Waals surface area contributed by atoms with Crippen molar-refractivity contribution in [1.29, 1.82) is 0 Å². The number of hydrogen-bond acceptors (Lipinski definition) is 6. The number of nitrogens with one attached hydrogen (secondary N) is 2. The lowest BCUT2D eigenvalue weighted by molar-refractivity contribution is 0.331. The maximum absolute atomic E-state index is 12.6. The summed E-state index contributed by atoms with van der Waals surface area (Å²) in [5.41, 5.74) is 9.51. The highest BCUT2D eigenvalue weighted by atomic mass is 35.5. The Balaban J connectivity index is 0.000000204. The second-order valence-electron chi connectivity index (χ2n) is 9.48. The fourth-order valence-electron chi connectivity index (χ4n) is 4.69. The van der Waals surface area contributed by atoms with Crippen LogP contribution in [0.25, 0.3) is 21.8 Å². The van der Waals surface area contributed by atoms with Gasteiger partial charge in [0.25, 0.3) is 11.1 Å². The van der Waals surface area contributed by atoms with Gasteiger partial charge in [0.1, 0.15) is 5.82 Å². The summed E-state index contributed by atoms with van der Waals surface area (Å²) in [6.07, 6.45) is 5.38. The Bertz CT molecular complexity index is 1690. The second kappa shape index (κ2) is 10.7. The molecular weight excluding hydrogens is 507 g/mol.